The molecule has 0 radical (unpaired) electrons. The molecule has 0 aliphatic carbocycles. The number of nitrogens with two attached hydrogens (primary N) is 1. The van der Waals surface area contributed by atoms with Gasteiger partial charge in [-0.3, -0.25) is 0 Å². The molecule has 0 atom stereocenters. The number of rotatable bonds is 4. The summed E-state index contributed by atoms with van der Waals surface area (Å²) in [6, 6.07) is 16.1. The monoisotopic (exact) mass is 293 g/mol. The Kier molecular flexibility index (Phi) is 3.94. The number of nitrogens with zero attached hydrogens (tertiary/aromatic N) is 2. The van der Waals surface area contributed by atoms with Crippen LogP contribution < -0.4 is 10.5 Å². The molecular formula is C18H19N3O. The zero-order valence-electron chi connectivity index (χ0n) is 12.8. The van der Waals surface area contributed by atoms with Crippen molar-refractivity contribution in [3.8, 4) is 22.7 Å². The minimum absolute atomic E-state index is 0.452. The van der Waals surface area contributed by atoms with Gasteiger partial charge in [0, 0.05) is 23.9 Å². The molecule has 0 saturated carbocycles. The maximum atomic E-state index is 5.88. The third kappa shape index (κ3) is 2.73. The van der Waals surface area contributed by atoms with E-state index in [4.69, 9.17) is 15.6 Å². The molecule has 112 valence electrons. The first-order chi connectivity index (χ1) is 10.7. The minimum Gasteiger partial charge on any atom is -0.497 e. The van der Waals surface area contributed by atoms with Gasteiger partial charge in [-0.05, 0) is 43.3 Å². The van der Waals surface area contributed by atoms with E-state index in [0.29, 0.717) is 6.54 Å². The molecule has 3 aromatic rings. The van der Waals surface area contributed by atoms with Crippen LogP contribution in [0.25, 0.3) is 16.9 Å². The zero-order chi connectivity index (χ0) is 15.5. The predicted octanol–water partition coefficient (Wildman–Crippen LogP) is 3.32. The van der Waals surface area contributed by atoms with Crippen molar-refractivity contribution in [1.82, 2.24) is 9.78 Å². The second-order valence-electron chi connectivity index (χ2n) is 5.22. The average Bonchev–Trinajstić information content (AvgIpc) is 3.00. The fourth-order valence-corrected chi connectivity index (χ4v) is 2.38. The lowest BCUT2D eigenvalue weighted by Gasteiger charge is -2.03. The van der Waals surface area contributed by atoms with Gasteiger partial charge < -0.3 is 10.5 Å². The van der Waals surface area contributed by atoms with Crippen LogP contribution in [0.3, 0.4) is 0 Å². The first-order valence-corrected chi connectivity index (χ1v) is 7.21. The van der Waals surface area contributed by atoms with Gasteiger partial charge in [0.25, 0.3) is 0 Å². The summed E-state index contributed by atoms with van der Waals surface area (Å²) in [6.07, 6.45) is 1.99. The van der Waals surface area contributed by atoms with Gasteiger partial charge in [-0.1, -0.05) is 17.7 Å². The molecular weight excluding hydrogens is 274 g/mol. The highest BCUT2D eigenvalue weighted by atomic mass is 16.5. The summed E-state index contributed by atoms with van der Waals surface area (Å²) in [5.74, 6) is 0.830. The number of hydrogen-bond acceptors (Lipinski definition) is 3. The first kappa shape index (κ1) is 14.4. The largest absolute Gasteiger partial charge is 0.497 e. The van der Waals surface area contributed by atoms with E-state index in [0.717, 1.165) is 28.3 Å². The molecule has 2 aromatic carbocycles. The summed E-state index contributed by atoms with van der Waals surface area (Å²) in [4.78, 5) is 0. The van der Waals surface area contributed by atoms with Crippen LogP contribution in [0, 0.1) is 6.92 Å². The highest BCUT2D eigenvalue weighted by Gasteiger charge is 2.11. The average molecular weight is 293 g/mol. The lowest BCUT2D eigenvalue weighted by molar-refractivity contribution is 0.415. The summed E-state index contributed by atoms with van der Waals surface area (Å²) in [5.41, 5.74) is 11.1. The normalized spacial score (nSPS) is 10.7. The van der Waals surface area contributed by atoms with Crippen molar-refractivity contribution in [2.45, 2.75) is 13.5 Å². The maximum absolute atomic E-state index is 5.88. The van der Waals surface area contributed by atoms with Crippen LogP contribution in [0.5, 0.6) is 5.75 Å². The van der Waals surface area contributed by atoms with Crippen molar-refractivity contribution < 1.29 is 4.74 Å². The standard InChI is InChI=1S/C18H19N3O/c1-13-3-7-16(8-4-13)21-12-15(11-19)18(20-21)14-5-9-17(22-2)10-6-14/h3-10,12H,11,19H2,1-2H3. The van der Waals surface area contributed by atoms with Crippen LogP contribution >= 0.6 is 0 Å². The van der Waals surface area contributed by atoms with E-state index in [1.807, 2.05) is 35.1 Å². The summed E-state index contributed by atoms with van der Waals surface area (Å²) >= 11 is 0. The quantitative estimate of drug-likeness (QED) is 0.803. The minimum atomic E-state index is 0.452. The Hall–Kier alpha value is -2.59. The lowest BCUT2D eigenvalue weighted by Crippen LogP contribution is -1.96. The lowest BCUT2D eigenvalue weighted by atomic mass is 10.1. The Morgan fingerprint density at radius 1 is 1.05 bits per heavy atom. The van der Waals surface area contributed by atoms with Gasteiger partial charge in [-0.2, -0.15) is 5.10 Å². The van der Waals surface area contributed by atoms with E-state index < -0.39 is 0 Å². The van der Waals surface area contributed by atoms with Crippen LogP contribution in [0.4, 0.5) is 0 Å². The molecule has 0 spiro atoms. The third-order valence-electron chi connectivity index (χ3n) is 3.67. The Morgan fingerprint density at radius 2 is 1.73 bits per heavy atom. The molecule has 0 fully saturated rings. The molecule has 4 heteroatoms. The van der Waals surface area contributed by atoms with Crippen molar-refractivity contribution in [2.75, 3.05) is 7.11 Å². The van der Waals surface area contributed by atoms with E-state index in [9.17, 15) is 0 Å². The number of benzene rings is 2. The Labute approximate surface area is 130 Å². The van der Waals surface area contributed by atoms with Gasteiger partial charge in [0.15, 0.2) is 0 Å². The van der Waals surface area contributed by atoms with Gasteiger partial charge in [0.05, 0.1) is 18.5 Å². The Balaban J connectivity index is 2.02. The van der Waals surface area contributed by atoms with Crippen LogP contribution in [0.1, 0.15) is 11.1 Å². The summed E-state index contributed by atoms with van der Waals surface area (Å²) < 4.78 is 7.07. The number of hydrogen-bond donors (Lipinski definition) is 1. The summed E-state index contributed by atoms with van der Waals surface area (Å²) in [7, 11) is 1.66. The summed E-state index contributed by atoms with van der Waals surface area (Å²) in [6.45, 7) is 2.52. The fraction of sp³-hybridized carbons (Fsp3) is 0.167. The highest BCUT2D eigenvalue weighted by Crippen LogP contribution is 2.25. The van der Waals surface area contributed by atoms with Gasteiger partial charge in [0.1, 0.15) is 5.75 Å². The molecule has 1 aromatic heterocycles. The van der Waals surface area contributed by atoms with E-state index in [1.165, 1.54) is 5.56 Å². The molecule has 0 bridgehead atoms. The van der Waals surface area contributed by atoms with Crippen LogP contribution in [-0.4, -0.2) is 16.9 Å². The second-order valence-corrected chi connectivity index (χ2v) is 5.22. The van der Waals surface area contributed by atoms with Gasteiger partial charge in [0.2, 0.25) is 0 Å². The molecule has 1 heterocycles. The predicted molar refractivity (Wildman–Crippen MR) is 88.2 cm³/mol. The zero-order valence-corrected chi connectivity index (χ0v) is 12.8. The van der Waals surface area contributed by atoms with E-state index >= 15 is 0 Å². The highest BCUT2D eigenvalue weighted by molar-refractivity contribution is 5.64. The molecule has 0 saturated heterocycles. The Bertz CT molecular complexity index is 758. The molecule has 0 unspecified atom stereocenters. The third-order valence-corrected chi connectivity index (χ3v) is 3.67. The number of ether oxygens (including phenoxy) is 1. The van der Waals surface area contributed by atoms with Gasteiger partial charge in [-0.25, -0.2) is 4.68 Å². The molecule has 3 rings (SSSR count). The molecule has 22 heavy (non-hydrogen) atoms. The van der Waals surface area contributed by atoms with E-state index in [2.05, 4.69) is 31.2 Å². The van der Waals surface area contributed by atoms with Crippen molar-refractivity contribution in [1.29, 1.82) is 0 Å². The summed E-state index contributed by atoms with van der Waals surface area (Å²) in [5, 5.41) is 4.70. The van der Waals surface area contributed by atoms with E-state index in [1.54, 1.807) is 7.11 Å². The molecule has 2 N–H and O–H groups in total. The second kappa shape index (κ2) is 6.03. The van der Waals surface area contributed by atoms with Crippen molar-refractivity contribution in [3.63, 3.8) is 0 Å². The van der Waals surface area contributed by atoms with Gasteiger partial charge >= 0.3 is 0 Å². The molecule has 0 aliphatic heterocycles. The number of aryl methyl sites for hydroxylation is 1. The SMILES string of the molecule is COc1ccc(-c2nn(-c3ccc(C)cc3)cc2CN)cc1. The van der Waals surface area contributed by atoms with Crippen molar-refractivity contribution in [3.05, 3.63) is 65.9 Å². The van der Waals surface area contributed by atoms with Crippen molar-refractivity contribution >= 4 is 0 Å². The first-order valence-electron chi connectivity index (χ1n) is 7.21. The number of methoxy groups -OCH3 is 1. The fourth-order valence-electron chi connectivity index (χ4n) is 2.38. The van der Waals surface area contributed by atoms with Gasteiger partial charge in [-0.15, -0.1) is 0 Å². The topological polar surface area (TPSA) is 53.1 Å². The van der Waals surface area contributed by atoms with Crippen molar-refractivity contribution in [2.24, 2.45) is 5.73 Å². The van der Waals surface area contributed by atoms with Crippen LogP contribution in [-0.2, 0) is 6.54 Å². The molecule has 0 aliphatic rings. The Morgan fingerprint density at radius 3 is 2.32 bits per heavy atom. The van der Waals surface area contributed by atoms with Crippen LogP contribution in [0.2, 0.25) is 0 Å². The smallest absolute Gasteiger partial charge is 0.118 e. The van der Waals surface area contributed by atoms with Crippen LogP contribution in [0.15, 0.2) is 54.7 Å². The molecule has 0 amide bonds. The number of aromatic nitrogens is 2. The van der Waals surface area contributed by atoms with E-state index in [-0.39, 0.29) is 0 Å². The maximum Gasteiger partial charge on any atom is 0.118 e. The molecule has 4 nitrogen and oxygen atoms in total.